The first-order chi connectivity index (χ1) is 9.79. The first-order valence-corrected chi connectivity index (χ1v) is 6.94. The number of anilines is 1. The molecule has 1 atom stereocenters. The van der Waals surface area contributed by atoms with E-state index in [2.05, 4.69) is 21.3 Å². The van der Waals surface area contributed by atoms with Crippen molar-refractivity contribution in [3.63, 3.8) is 0 Å². The third kappa shape index (κ3) is 2.27. The molecule has 2 saturated heterocycles. The van der Waals surface area contributed by atoms with Crippen LogP contribution in [0.3, 0.4) is 0 Å². The second-order valence-corrected chi connectivity index (χ2v) is 5.15. The summed E-state index contributed by atoms with van der Waals surface area (Å²) in [4.78, 5) is 20.1. The van der Waals surface area contributed by atoms with Crippen LogP contribution in [0.4, 0.5) is 10.6 Å². The van der Waals surface area contributed by atoms with Gasteiger partial charge >= 0.3 is 6.03 Å². The van der Waals surface area contributed by atoms with Gasteiger partial charge in [-0.1, -0.05) is 0 Å². The Morgan fingerprint density at radius 2 is 2.35 bits per heavy atom. The van der Waals surface area contributed by atoms with Crippen LogP contribution in [0.1, 0.15) is 18.4 Å². The number of amides is 2. The fourth-order valence-corrected chi connectivity index (χ4v) is 2.97. The lowest BCUT2D eigenvalue weighted by atomic mass is 10.0. The van der Waals surface area contributed by atoms with Gasteiger partial charge in [0.05, 0.1) is 11.6 Å². The summed E-state index contributed by atoms with van der Waals surface area (Å²) in [6, 6.07) is 5.98. The van der Waals surface area contributed by atoms with E-state index in [1.54, 1.807) is 18.3 Å². The van der Waals surface area contributed by atoms with Crippen LogP contribution in [0.25, 0.3) is 0 Å². The van der Waals surface area contributed by atoms with Gasteiger partial charge in [-0.25, -0.2) is 9.78 Å². The molecule has 2 aliphatic rings. The maximum absolute atomic E-state index is 11.8. The predicted molar refractivity (Wildman–Crippen MR) is 74.3 cm³/mol. The van der Waals surface area contributed by atoms with Crippen LogP contribution in [0.2, 0.25) is 0 Å². The van der Waals surface area contributed by atoms with Crippen molar-refractivity contribution in [3.05, 3.63) is 23.9 Å². The number of carbonyl (C=O) groups excluding carboxylic acids is 1. The SMILES string of the molecule is N#Cc1cccnc1N1CCC[C@H](N2CCNC2=O)C1. The summed E-state index contributed by atoms with van der Waals surface area (Å²) < 4.78 is 0. The standard InChI is InChI=1S/C14H17N5O/c15-9-11-3-1-5-16-13(11)18-7-2-4-12(10-18)19-8-6-17-14(19)20/h1,3,5,12H,2,4,6-8,10H2,(H,17,20)/t12-/m0/s1. The van der Waals surface area contributed by atoms with Gasteiger partial charge < -0.3 is 15.1 Å². The van der Waals surface area contributed by atoms with Crippen molar-refractivity contribution >= 4 is 11.8 Å². The Morgan fingerprint density at radius 1 is 1.45 bits per heavy atom. The van der Waals surface area contributed by atoms with Gasteiger partial charge in [-0.2, -0.15) is 5.26 Å². The molecule has 6 nitrogen and oxygen atoms in total. The second-order valence-electron chi connectivity index (χ2n) is 5.15. The van der Waals surface area contributed by atoms with Crippen molar-refractivity contribution in [3.8, 4) is 6.07 Å². The number of hydrogen-bond donors (Lipinski definition) is 1. The first-order valence-electron chi connectivity index (χ1n) is 6.94. The number of rotatable bonds is 2. The third-order valence-corrected chi connectivity index (χ3v) is 3.93. The number of nitriles is 1. The van der Waals surface area contributed by atoms with Crippen molar-refractivity contribution < 1.29 is 4.79 Å². The van der Waals surface area contributed by atoms with E-state index in [0.29, 0.717) is 5.56 Å². The molecule has 0 spiro atoms. The number of pyridine rings is 1. The summed E-state index contributed by atoms with van der Waals surface area (Å²) in [6.07, 6.45) is 3.73. The Labute approximate surface area is 118 Å². The van der Waals surface area contributed by atoms with E-state index in [4.69, 9.17) is 0 Å². The van der Waals surface area contributed by atoms with Crippen LogP contribution in [-0.2, 0) is 0 Å². The van der Waals surface area contributed by atoms with Gasteiger partial charge in [0.25, 0.3) is 0 Å². The van der Waals surface area contributed by atoms with Crippen LogP contribution < -0.4 is 10.2 Å². The molecule has 0 saturated carbocycles. The van der Waals surface area contributed by atoms with Gasteiger partial charge in [0.2, 0.25) is 0 Å². The van der Waals surface area contributed by atoms with Crippen LogP contribution in [0.5, 0.6) is 0 Å². The van der Waals surface area contributed by atoms with E-state index in [0.717, 1.165) is 44.8 Å². The highest BCUT2D eigenvalue weighted by molar-refractivity contribution is 5.76. The summed E-state index contributed by atoms with van der Waals surface area (Å²) in [5, 5.41) is 12.0. The largest absolute Gasteiger partial charge is 0.353 e. The smallest absolute Gasteiger partial charge is 0.317 e. The normalized spacial score (nSPS) is 22.6. The molecule has 104 valence electrons. The van der Waals surface area contributed by atoms with Crippen molar-refractivity contribution in [1.29, 1.82) is 5.26 Å². The molecule has 2 aliphatic heterocycles. The number of nitrogens with zero attached hydrogens (tertiary/aromatic N) is 4. The van der Waals surface area contributed by atoms with Gasteiger partial charge in [0.1, 0.15) is 11.9 Å². The minimum absolute atomic E-state index is 0.0263. The molecule has 2 amide bonds. The fourth-order valence-electron chi connectivity index (χ4n) is 2.97. The summed E-state index contributed by atoms with van der Waals surface area (Å²) >= 11 is 0. The van der Waals surface area contributed by atoms with E-state index >= 15 is 0 Å². The monoisotopic (exact) mass is 271 g/mol. The number of nitrogens with one attached hydrogen (secondary N) is 1. The van der Waals surface area contributed by atoms with Gasteiger partial charge in [0.15, 0.2) is 0 Å². The molecule has 3 heterocycles. The van der Waals surface area contributed by atoms with Crippen LogP contribution in [0.15, 0.2) is 18.3 Å². The molecular weight excluding hydrogens is 254 g/mol. The van der Waals surface area contributed by atoms with Crippen molar-refractivity contribution in [2.45, 2.75) is 18.9 Å². The molecule has 0 bridgehead atoms. The molecule has 1 aromatic heterocycles. The quantitative estimate of drug-likeness (QED) is 0.869. The lowest BCUT2D eigenvalue weighted by molar-refractivity contribution is 0.189. The lowest BCUT2D eigenvalue weighted by Gasteiger charge is -2.37. The van der Waals surface area contributed by atoms with Gasteiger partial charge in [-0.05, 0) is 25.0 Å². The van der Waals surface area contributed by atoms with Crippen LogP contribution in [-0.4, -0.2) is 48.1 Å². The van der Waals surface area contributed by atoms with E-state index in [1.807, 2.05) is 4.90 Å². The lowest BCUT2D eigenvalue weighted by Crippen LogP contribution is -2.49. The Balaban J connectivity index is 1.78. The zero-order valence-corrected chi connectivity index (χ0v) is 11.2. The van der Waals surface area contributed by atoms with E-state index in [9.17, 15) is 10.1 Å². The molecule has 0 radical (unpaired) electrons. The zero-order chi connectivity index (χ0) is 13.9. The Hall–Kier alpha value is -2.29. The third-order valence-electron chi connectivity index (χ3n) is 3.93. The van der Waals surface area contributed by atoms with Gasteiger partial charge in [-0.3, -0.25) is 0 Å². The molecule has 6 heteroatoms. The van der Waals surface area contributed by atoms with E-state index in [1.165, 1.54) is 0 Å². The summed E-state index contributed by atoms with van der Waals surface area (Å²) in [5.74, 6) is 0.735. The maximum Gasteiger partial charge on any atom is 0.317 e. The molecule has 0 unspecified atom stereocenters. The first kappa shape index (κ1) is 12.7. The molecule has 3 rings (SSSR count). The summed E-state index contributed by atoms with van der Waals surface area (Å²) in [5.41, 5.74) is 0.596. The molecule has 1 N–H and O–H groups in total. The number of piperidine rings is 1. The zero-order valence-electron chi connectivity index (χ0n) is 11.2. The highest BCUT2D eigenvalue weighted by Gasteiger charge is 2.32. The number of urea groups is 1. The predicted octanol–water partition coefficient (Wildman–Crippen LogP) is 0.947. The van der Waals surface area contributed by atoms with Crippen molar-refractivity contribution in [1.82, 2.24) is 15.2 Å². The number of hydrogen-bond acceptors (Lipinski definition) is 4. The highest BCUT2D eigenvalue weighted by Crippen LogP contribution is 2.24. The van der Waals surface area contributed by atoms with Crippen molar-refractivity contribution in [2.24, 2.45) is 0 Å². The van der Waals surface area contributed by atoms with Crippen LogP contribution in [0, 0.1) is 11.3 Å². The summed E-state index contributed by atoms with van der Waals surface area (Å²) in [7, 11) is 0. The highest BCUT2D eigenvalue weighted by atomic mass is 16.2. The van der Waals surface area contributed by atoms with E-state index < -0.39 is 0 Å². The number of carbonyl (C=O) groups is 1. The molecule has 1 aromatic rings. The molecule has 0 aliphatic carbocycles. The average molecular weight is 271 g/mol. The fraction of sp³-hybridized carbons (Fsp3) is 0.500. The maximum atomic E-state index is 11.8. The Bertz CT molecular complexity index is 553. The van der Waals surface area contributed by atoms with Gasteiger partial charge in [-0.15, -0.1) is 0 Å². The molecule has 20 heavy (non-hydrogen) atoms. The van der Waals surface area contributed by atoms with E-state index in [-0.39, 0.29) is 12.1 Å². The molecule has 2 fully saturated rings. The van der Waals surface area contributed by atoms with Crippen molar-refractivity contribution in [2.75, 3.05) is 31.1 Å². The van der Waals surface area contributed by atoms with Crippen LogP contribution >= 0.6 is 0 Å². The topological polar surface area (TPSA) is 72.3 Å². The minimum Gasteiger partial charge on any atom is -0.353 e. The molecule has 0 aromatic carbocycles. The minimum atomic E-state index is 0.0263. The Morgan fingerprint density at radius 3 is 3.10 bits per heavy atom. The number of aromatic nitrogens is 1. The Kier molecular flexibility index (Phi) is 3.42. The van der Waals surface area contributed by atoms with Gasteiger partial charge in [0, 0.05) is 32.4 Å². The second kappa shape index (κ2) is 5.37. The molecular formula is C14H17N5O. The summed E-state index contributed by atoms with van der Waals surface area (Å²) in [6.45, 7) is 3.13. The average Bonchev–Trinajstić information content (AvgIpc) is 2.93.